The molecule has 2 aromatic rings. The number of aromatic nitrogens is 1. The lowest BCUT2D eigenvalue weighted by atomic mass is 10.3. The fraction of sp³-hybridized carbons (Fsp3) is 0.333. The molecular weight excluding hydrogens is 232 g/mol. The van der Waals surface area contributed by atoms with Crippen LogP contribution in [0.2, 0.25) is 0 Å². The zero-order valence-electron chi connectivity index (χ0n) is 10.7. The van der Waals surface area contributed by atoms with E-state index in [0.29, 0.717) is 22.8 Å². The van der Waals surface area contributed by atoms with Crippen LogP contribution in [0.4, 0.5) is 11.7 Å². The fourth-order valence-corrected chi connectivity index (χ4v) is 1.51. The molecule has 0 spiro atoms. The number of fused-ring (bicyclic) bond motifs is 1. The normalized spacial score (nSPS) is 10.6. The molecule has 0 aliphatic heterocycles. The van der Waals surface area contributed by atoms with Gasteiger partial charge in [-0.3, -0.25) is 4.79 Å². The summed E-state index contributed by atoms with van der Waals surface area (Å²) in [6.07, 6.45) is 0. The number of hydrogen-bond acceptors (Lipinski definition) is 5. The molecule has 0 radical (unpaired) electrons. The van der Waals surface area contributed by atoms with Crippen LogP contribution >= 0.6 is 0 Å². The molecule has 1 aromatic heterocycles. The molecule has 6 nitrogen and oxygen atoms in total. The summed E-state index contributed by atoms with van der Waals surface area (Å²) in [4.78, 5) is 19.1. The Morgan fingerprint density at radius 2 is 2.11 bits per heavy atom. The van der Waals surface area contributed by atoms with Crippen molar-refractivity contribution in [2.75, 3.05) is 38.3 Å². The van der Waals surface area contributed by atoms with Gasteiger partial charge in [0.15, 0.2) is 5.58 Å². The number of likely N-dealkylation sites (N-methyl/N-ethyl adjacent to an activating group) is 2. The van der Waals surface area contributed by atoms with Crippen molar-refractivity contribution in [3.8, 4) is 0 Å². The summed E-state index contributed by atoms with van der Waals surface area (Å²) in [6, 6.07) is 5.67. The van der Waals surface area contributed by atoms with E-state index in [0.717, 1.165) is 0 Å². The number of nitrogen functional groups attached to an aromatic ring is 1. The zero-order chi connectivity index (χ0) is 13.3. The van der Waals surface area contributed by atoms with Gasteiger partial charge in [-0.1, -0.05) is 0 Å². The molecule has 1 heterocycles. The summed E-state index contributed by atoms with van der Waals surface area (Å²) in [6.45, 7) is 0.218. The Balaban J connectivity index is 2.23. The smallest absolute Gasteiger partial charge is 0.298 e. The monoisotopic (exact) mass is 248 g/mol. The van der Waals surface area contributed by atoms with Crippen molar-refractivity contribution in [2.45, 2.75) is 0 Å². The van der Waals surface area contributed by atoms with Gasteiger partial charge in [0.2, 0.25) is 5.91 Å². The first kappa shape index (κ1) is 12.2. The van der Waals surface area contributed by atoms with Gasteiger partial charge in [-0.25, -0.2) is 0 Å². The first-order valence-corrected chi connectivity index (χ1v) is 5.54. The van der Waals surface area contributed by atoms with E-state index in [-0.39, 0.29) is 12.5 Å². The number of oxazole rings is 1. The van der Waals surface area contributed by atoms with E-state index in [1.807, 2.05) is 0 Å². The van der Waals surface area contributed by atoms with Gasteiger partial charge in [0.05, 0.1) is 0 Å². The largest absolute Gasteiger partial charge is 0.423 e. The average molecular weight is 248 g/mol. The standard InChI is InChI=1S/C12H16N4O2/c1-15(2)11(17)7-16(3)12-14-9-6-8(13)4-5-10(9)18-12/h4-6H,7,13H2,1-3H3. The Hall–Kier alpha value is -2.24. The predicted octanol–water partition coefficient (Wildman–Crippen LogP) is 0.934. The maximum atomic E-state index is 11.6. The highest BCUT2D eigenvalue weighted by Gasteiger charge is 2.14. The second-order valence-corrected chi connectivity index (χ2v) is 4.37. The molecule has 0 bridgehead atoms. The Morgan fingerprint density at radius 1 is 1.39 bits per heavy atom. The van der Waals surface area contributed by atoms with Crippen LogP contribution in [0.1, 0.15) is 0 Å². The summed E-state index contributed by atoms with van der Waals surface area (Å²) in [5.41, 5.74) is 7.65. The predicted molar refractivity (Wildman–Crippen MR) is 70.4 cm³/mol. The Morgan fingerprint density at radius 3 is 2.78 bits per heavy atom. The molecule has 0 aliphatic carbocycles. The number of carbonyl (C=O) groups is 1. The van der Waals surface area contributed by atoms with Crippen molar-refractivity contribution in [2.24, 2.45) is 0 Å². The third-order valence-electron chi connectivity index (χ3n) is 2.60. The zero-order valence-corrected chi connectivity index (χ0v) is 10.7. The molecule has 0 atom stereocenters. The van der Waals surface area contributed by atoms with Crippen LogP contribution in [0.25, 0.3) is 11.1 Å². The van der Waals surface area contributed by atoms with Crippen LogP contribution in [-0.2, 0) is 4.79 Å². The fourth-order valence-electron chi connectivity index (χ4n) is 1.51. The Kier molecular flexibility index (Phi) is 3.10. The molecule has 2 rings (SSSR count). The van der Waals surface area contributed by atoms with E-state index in [1.54, 1.807) is 44.2 Å². The van der Waals surface area contributed by atoms with Crippen molar-refractivity contribution < 1.29 is 9.21 Å². The minimum absolute atomic E-state index is 0.0146. The maximum absolute atomic E-state index is 11.6. The molecule has 96 valence electrons. The van der Waals surface area contributed by atoms with E-state index in [1.165, 1.54) is 4.90 Å². The van der Waals surface area contributed by atoms with E-state index in [9.17, 15) is 4.79 Å². The number of rotatable bonds is 3. The first-order chi connectivity index (χ1) is 8.47. The van der Waals surface area contributed by atoms with Crippen molar-refractivity contribution in [1.29, 1.82) is 0 Å². The summed E-state index contributed by atoms with van der Waals surface area (Å²) < 4.78 is 5.55. The minimum atomic E-state index is -0.0146. The van der Waals surface area contributed by atoms with Crippen molar-refractivity contribution >= 4 is 28.7 Å². The number of anilines is 2. The van der Waals surface area contributed by atoms with Crippen LogP contribution in [0, 0.1) is 0 Å². The van der Waals surface area contributed by atoms with Gasteiger partial charge in [-0.15, -0.1) is 0 Å². The van der Waals surface area contributed by atoms with Crippen LogP contribution in [0.15, 0.2) is 22.6 Å². The third kappa shape index (κ3) is 2.37. The number of amides is 1. The molecule has 0 saturated carbocycles. The molecule has 6 heteroatoms. The Labute approximate surface area is 105 Å². The van der Waals surface area contributed by atoms with Gasteiger partial charge in [0.25, 0.3) is 6.01 Å². The Bertz CT molecular complexity index is 576. The number of nitrogens with zero attached hydrogens (tertiary/aromatic N) is 3. The van der Waals surface area contributed by atoms with Crippen molar-refractivity contribution in [3.63, 3.8) is 0 Å². The average Bonchev–Trinajstić information content (AvgIpc) is 2.71. The first-order valence-electron chi connectivity index (χ1n) is 5.54. The highest BCUT2D eigenvalue weighted by molar-refractivity contribution is 5.82. The number of benzene rings is 1. The lowest BCUT2D eigenvalue weighted by Gasteiger charge is -2.16. The maximum Gasteiger partial charge on any atom is 0.298 e. The molecule has 2 N–H and O–H groups in total. The lowest BCUT2D eigenvalue weighted by molar-refractivity contribution is -0.127. The minimum Gasteiger partial charge on any atom is -0.423 e. The van der Waals surface area contributed by atoms with E-state index < -0.39 is 0 Å². The molecule has 0 unspecified atom stereocenters. The van der Waals surface area contributed by atoms with Crippen LogP contribution < -0.4 is 10.6 Å². The van der Waals surface area contributed by atoms with Gasteiger partial charge in [0, 0.05) is 26.8 Å². The molecule has 0 fully saturated rings. The topological polar surface area (TPSA) is 75.6 Å². The van der Waals surface area contributed by atoms with Crippen LogP contribution in [0.3, 0.4) is 0 Å². The van der Waals surface area contributed by atoms with E-state index >= 15 is 0 Å². The summed E-state index contributed by atoms with van der Waals surface area (Å²) in [5.74, 6) is -0.0146. The quantitative estimate of drug-likeness (QED) is 0.818. The second-order valence-electron chi connectivity index (χ2n) is 4.37. The highest BCUT2D eigenvalue weighted by Crippen LogP contribution is 2.22. The van der Waals surface area contributed by atoms with Gasteiger partial charge in [-0.2, -0.15) is 4.98 Å². The molecular formula is C12H16N4O2. The van der Waals surface area contributed by atoms with E-state index in [4.69, 9.17) is 10.2 Å². The lowest BCUT2D eigenvalue weighted by Crippen LogP contribution is -2.34. The summed E-state index contributed by atoms with van der Waals surface area (Å²) in [5, 5.41) is 0. The van der Waals surface area contributed by atoms with Gasteiger partial charge < -0.3 is 20.0 Å². The van der Waals surface area contributed by atoms with Crippen LogP contribution in [0.5, 0.6) is 0 Å². The van der Waals surface area contributed by atoms with Gasteiger partial charge in [0.1, 0.15) is 12.1 Å². The number of nitrogens with two attached hydrogens (primary N) is 1. The van der Waals surface area contributed by atoms with Crippen molar-refractivity contribution in [3.05, 3.63) is 18.2 Å². The number of hydrogen-bond donors (Lipinski definition) is 1. The SMILES string of the molecule is CN(C)C(=O)CN(C)c1nc2cc(N)ccc2o1. The summed E-state index contributed by atoms with van der Waals surface area (Å²) >= 11 is 0. The molecule has 0 aliphatic rings. The van der Waals surface area contributed by atoms with Gasteiger partial charge >= 0.3 is 0 Å². The third-order valence-corrected chi connectivity index (χ3v) is 2.60. The van der Waals surface area contributed by atoms with Crippen molar-refractivity contribution in [1.82, 2.24) is 9.88 Å². The molecule has 18 heavy (non-hydrogen) atoms. The second kappa shape index (κ2) is 4.56. The highest BCUT2D eigenvalue weighted by atomic mass is 16.4. The summed E-state index contributed by atoms with van der Waals surface area (Å²) in [7, 11) is 5.18. The number of carbonyl (C=O) groups excluding carboxylic acids is 1. The molecule has 1 amide bonds. The van der Waals surface area contributed by atoms with Crippen LogP contribution in [-0.4, -0.2) is 43.5 Å². The molecule has 1 aromatic carbocycles. The molecule has 0 saturated heterocycles. The van der Waals surface area contributed by atoms with Gasteiger partial charge in [-0.05, 0) is 18.2 Å². The van der Waals surface area contributed by atoms with E-state index in [2.05, 4.69) is 4.98 Å².